The Morgan fingerprint density at radius 2 is 0.918 bits per heavy atom. The molecule has 250 valence electrons. The first kappa shape index (κ1) is 30.0. The molecule has 4 aromatic rings. The first-order valence-electron chi connectivity index (χ1n) is 17.8. The topological polar surface area (TPSA) is 130 Å². The minimum atomic E-state index is -0.341. The Morgan fingerprint density at radius 3 is 1.35 bits per heavy atom. The normalized spacial score (nSPS) is 23.5. The number of hydrogen-bond donors (Lipinski definition) is 4. The molecule has 7 aliphatic heterocycles. The third-order valence-corrected chi connectivity index (χ3v) is 11.6. The number of rotatable bonds is 0. The Kier molecular flexibility index (Phi) is 7.21. The van der Waals surface area contributed by atoms with Gasteiger partial charge in [0.1, 0.15) is 11.4 Å². The molecule has 2 aromatic heterocycles. The van der Waals surface area contributed by atoms with Gasteiger partial charge in [-0.15, -0.1) is 0 Å². The van der Waals surface area contributed by atoms with Gasteiger partial charge >= 0.3 is 0 Å². The van der Waals surface area contributed by atoms with Gasteiger partial charge in [0.05, 0.1) is 11.1 Å². The molecular formula is C39H40N6O4. The fourth-order valence-corrected chi connectivity index (χ4v) is 9.10. The smallest absolute Gasteiger partial charge is 0.275 e. The van der Waals surface area contributed by atoms with E-state index in [9.17, 15) is 19.2 Å². The maximum Gasteiger partial charge on any atom is 0.275 e. The molecule has 4 N–H and O–H groups in total. The highest BCUT2D eigenvalue weighted by atomic mass is 16.2. The lowest BCUT2D eigenvalue weighted by molar-refractivity contribution is -0.126. The molecule has 0 atom stereocenters. The number of nitrogens with one attached hydrogen (secondary N) is 4. The largest absolute Gasteiger partial charge is 0.366 e. The number of H-pyrrole nitrogens is 2. The minimum absolute atomic E-state index is 0.309. The molecule has 0 radical (unpaired) electrons. The molecule has 4 bridgehead atoms. The van der Waals surface area contributed by atoms with Crippen LogP contribution in [-0.2, 0) is 32.0 Å². The standard InChI is InChI=1S/C39H40N6O4/c46-36-32-30-24-6-1-3-8-26(24)40-28(30)10-5-11-29-31(25-7-2-4-9-27(25)41-29)33-35(39(49)43-37(33)47)45-20-16-23(17-21-45)13-12-22-14-18-44(19-15-22)34(32)38(48)42-36/h1-4,6-9,22-23,40-41H,5,10-21H2,(H,42,46,48)(H,43,47,49). The van der Waals surface area contributed by atoms with Gasteiger partial charge < -0.3 is 19.8 Å². The number of para-hydroxylation sites is 2. The van der Waals surface area contributed by atoms with Crippen LogP contribution in [0.2, 0.25) is 0 Å². The van der Waals surface area contributed by atoms with Gasteiger partial charge in [0.15, 0.2) is 0 Å². The average Bonchev–Trinajstić information content (AvgIpc) is 3.82. The number of aromatic nitrogens is 2. The molecule has 9 heterocycles. The van der Waals surface area contributed by atoms with E-state index in [1.807, 2.05) is 48.5 Å². The van der Waals surface area contributed by atoms with E-state index < -0.39 is 0 Å². The molecule has 0 aliphatic carbocycles. The number of carbonyl (C=O) groups excluding carboxylic acids is 4. The van der Waals surface area contributed by atoms with Crippen LogP contribution in [0.25, 0.3) is 33.0 Å². The number of hydrogen-bond acceptors (Lipinski definition) is 6. The fourth-order valence-electron chi connectivity index (χ4n) is 9.10. The summed E-state index contributed by atoms with van der Waals surface area (Å²) in [6, 6.07) is 15.9. The Labute approximate surface area is 284 Å². The highest BCUT2D eigenvalue weighted by molar-refractivity contribution is 6.38. The van der Waals surface area contributed by atoms with Crippen LogP contribution >= 0.6 is 0 Å². The van der Waals surface area contributed by atoms with E-state index in [-0.39, 0.29) is 23.6 Å². The van der Waals surface area contributed by atoms with Gasteiger partial charge in [0, 0.05) is 70.5 Å². The van der Waals surface area contributed by atoms with Crippen molar-refractivity contribution in [3.8, 4) is 0 Å². The molecule has 0 unspecified atom stereocenters. The molecule has 2 aromatic carbocycles. The fraction of sp³-hybridized carbons (Fsp3) is 0.385. The predicted octanol–water partition coefficient (Wildman–Crippen LogP) is 4.78. The van der Waals surface area contributed by atoms with Gasteiger partial charge in [-0.3, -0.25) is 29.8 Å². The van der Waals surface area contributed by atoms with Gasteiger partial charge in [-0.1, -0.05) is 49.2 Å². The van der Waals surface area contributed by atoms with E-state index in [0.717, 1.165) is 109 Å². The molecular weight excluding hydrogens is 616 g/mol. The molecule has 0 spiro atoms. The highest BCUT2D eigenvalue weighted by Gasteiger charge is 2.40. The van der Waals surface area contributed by atoms with Gasteiger partial charge in [-0.2, -0.15) is 0 Å². The van der Waals surface area contributed by atoms with E-state index in [4.69, 9.17) is 0 Å². The molecule has 4 amide bonds. The van der Waals surface area contributed by atoms with Crippen molar-refractivity contribution < 1.29 is 19.2 Å². The molecule has 49 heavy (non-hydrogen) atoms. The number of amides is 4. The van der Waals surface area contributed by atoms with Crippen molar-refractivity contribution in [2.24, 2.45) is 11.8 Å². The molecule has 10 heteroatoms. The van der Waals surface area contributed by atoms with Crippen LogP contribution in [0.1, 0.15) is 67.5 Å². The second-order valence-corrected chi connectivity index (χ2v) is 14.4. The number of imide groups is 2. The monoisotopic (exact) mass is 656 g/mol. The minimum Gasteiger partial charge on any atom is -0.366 e. The summed E-state index contributed by atoms with van der Waals surface area (Å²) in [7, 11) is 0. The van der Waals surface area contributed by atoms with Crippen molar-refractivity contribution in [2.75, 3.05) is 26.2 Å². The number of nitrogens with zero attached hydrogens (tertiary/aromatic N) is 2. The Bertz CT molecular complexity index is 1970. The Balaban J connectivity index is 1.17. The second kappa shape index (κ2) is 11.8. The van der Waals surface area contributed by atoms with Crippen LogP contribution in [-0.4, -0.2) is 69.6 Å². The van der Waals surface area contributed by atoms with Crippen molar-refractivity contribution in [3.63, 3.8) is 0 Å². The number of carbonyl (C=O) groups is 4. The van der Waals surface area contributed by atoms with Crippen molar-refractivity contribution in [1.29, 1.82) is 0 Å². The summed E-state index contributed by atoms with van der Waals surface area (Å²) in [6.45, 7) is 3.01. The number of aromatic amines is 2. The van der Waals surface area contributed by atoms with E-state index >= 15 is 0 Å². The van der Waals surface area contributed by atoms with Crippen molar-refractivity contribution in [1.82, 2.24) is 30.4 Å². The summed E-state index contributed by atoms with van der Waals surface area (Å²) in [6.07, 6.45) is 8.15. The Hall–Kier alpha value is -5.12. The van der Waals surface area contributed by atoms with Gasteiger partial charge in [-0.05, 0) is 68.9 Å². The summed E-state index contributed by atoms with van der Waals surface area (Å²) >= 11 is 0. The first-order valence-corrected chi connectivity index (χ1v) is 17.8. The number of benzene rings is 2. The summed E-state index contributed by atoms with van der Waals surface area (Å²) < 4.78 is 0. The highest BCUT2D eigenvalue weighted by Crippen LogP contribution is 2.40. The maximum absolute atomic E-state index is 13.6. The third kappa shape index (κ3) is 4.99. The lowest BCUT2D eigenvalue weighted by Gasteiger charge is -2.36. The van der Waals surface area contributed by atoms with E-state index in [1.165, 1.54) is 0 Å². The zero-order valence-corrected chi connectivity index (χ0v) is 27.5. The maximum atomic E-state index is 13.6. The van der Waals surface area contributed by atoms with Crippen LogP contribution in [0.4, 0.5) is 0 Å². The SMILES string of the molecule is O=C1NC(=O)C2=C1c1c([nH]c3ccccc13)CCCc1[nH]c3ccccc3c1C1=C(C(=O)NC1=O)N1CCC(CCC3CCN2CC3)CC1. The molecule has 7 aliphatic rings. The zero-order valence-electron chi connectivity index (χ0n) is 27.5. The average molecular weight is 657 g/mol. The molecule has 0 saturated carbocycles. The number of piperidine rings is 2. The molecule has 2 saturated heterocycles. The van der Waals surface area contributed by atoms with Crippen molar-refractivity contribution in [3.05, 3.63) is 82.4 Å². The van der Waals surface area contributed by atoms with E-state index in [0.29, 0.717) is 53.6 Å². The van der Waals surface area contributed by atoms with Gasteiger partial charge in [-0.25, -0.2) is 0 Å². The van der Waals surface area contributed by atoms with Crippen LogP contribution < -0.4 is 10.6 Å². The van der Waals surface area contributed by atoms with Crippen LogP contribution in [0, 0.1) is 11.8 Å². The summed E-state index contributed by atoms with van der Waals surface area (Å²) in [5.41, 5.74) is 7.21. The second-order valence-electron chi connectivity index (χ2n) is 14.4. The van der Waals surface area contributed by atoms with Crippen LogP contribution in [0.3, 0.4) is 0 Å². The quantitative estimate of drug-likeness (QED) is 0.202. The zero-order chi connectivity index (χ0) is 33.2. The molecule has 2 fully saturated rings. The van der Waals surface area contributed by atoms with Crippen LogP contribution in [0.15, 0.2) is 59.9 Å². The number of fused-ring (bicyclic) bond motifs is 4. The Morgan fingerprint density at radius 1 is 0.510 bits per heavy atom. The summed E-state index contributed by atoms with van der Waals surface area (Å²) in [5.74, 6) is -0.154. The van der Waals surface area contributed by atoms with Gasteiger partial charge in [0.2, 0.25) is 0 Å². The third-order valence-electron chi connectivity index (χ3n) is 11.6. The van der Waals surface area contributed by atoms with Crippen molar-refractivity contribution in [2.45, 2.75) is 57.8 Å². The lowest BCUT2D eigenvalue weighted by Crippen LogP contribution is -2.38. The first-order chi connectivity index (χ1) is 23.9. The summed E-state index contributed by atoms with van der Waals surface area (Å²) in [5, 5.41) is 7.12. The van der Waals surface area contributed by atoms with E-state index in [2.05, 4.69) is 30.4 Å². The molecule has 11 rings (SSSR count). The van der Waals surface area contributed by atoms with Crippen molar-refractivity contribution >= 4 is 56.6 Å². The lowest BCUT2D eigenvalue weighted by atomic mass is 9.84. The van der Waals surface area contributed by atoms with Gasteiger partial charge in [0.25, 0.3) is 23.6 Å². The summed E-state index contributed by atoms with van der Waals surface area (Å²) in [4.78, 5) is 65.6. The predicted molar refractivity (Wildman–Crippen MR) is 187 cm³/mol. The molecule has 10 nitrogen and oxygen atoms in total. The van der Waals surface area contributed by atoms with E-state index in [1.54, 1.807) is 0 Å². The number of aryl methyl sites for hydroxylation is 2. The van der Waals surface area contributed by atoms with Crippen LogP contribution in [0.5, 0.6) is 0 Å².